The van der Waals surface area contributed by atoms with Gasteiger partial charge in [0, 0.05) is 24.6 Å². The summed E-state index contributed by atoms with van der Waals surface area (Å²) in [5.41, 5.74) is 0.205. The number of nitro groups is 1. The third-order valence-corrected chi connectivity index (χ3v) is 5.55. The molecule has 0 aromatic heterocycles. The van der Waals surface area contributed by atoms with Crippen LogP contribution in [0, 0.1) is 33.7 Å². The van der Waals surface area contributed by atoms with Crippen LogP contribution in [0.4, 0.5) is 15.8 Å². The summed E-state index contributed by atoms with van der Waals surface area (Å²) in [4.78, 5) is 22.3. The minimum absolute atomic E-state index is 0.0209. The van der Waals surface area contributed by atoms with Crippen LogP contribution in [-0.2, 0) is 16.0 Å². The molecule has 1 saturated carbocycles. The molecule has 0 spiro atoms. The van der Waals surface area contributed by atoms with Crippen molar-refractivity contribution >= 4 is 17.3 Å². The predicted octanol–water partition coefficient (Wildman–Crippen LogP) is 4.71. The van der Waals surface area contributed by atoms with Gasteiger partial charge in [-0.15, -0.1) is 0 Å². The first-order valence-corrected chi connectivity index (χ1v) is 9.53. The monoisotopic (exact) mass is 380 g/mol. The highest BCUT2D eigenvalue weighted by atomic mass is 19.1. The van der Waals surface area contributed by atoms with Crippen LogP contribution in [0.2, 0.25) is 0 Å². The van der Waals surface area contributed by atoms with Crippen molar-refractivity contribution in [1.29, 1.82) is 0 Å². The Morgan fingerprint density at radius 2 is 2.11 bits per heavy atom. The minimum atomic E-state index is -0.544. The average Bonchev–Trinajstić information content (AvgIpc) is 2.60. The van der Waals surface area contributed by atoms with Crippen LogP contribution in [0.5, 0.6) is 0 Å². The van der Waals surface area contributed by atoms with Crippen LogP contribution >= 0.6 is 0 Å². The summed E-state index contributed by atoms with van der Waals surface area (Å²) < 4.78 is 19.1. The largest absolute Gasteiger partial charge is 0.469 e. The molecule has 7 heteroatoms. The molecule has 2 rings (SSSR count). The second-order valence-electron chi connectivity index (χ2n) is 7.87. The first kappa shape index (κ1) is 21.1. The standard InChI is InChI=1S/C20H29FN2O4/c1-12(2)15-7-5-13(3)9-17(15)22-18-11-16(21)14(6-8-20(24)27-4)10-19(18)23(25)26/h10-13,15,17,22H,5-9H2,1-4H3/t13-,15+,17-/m1/s1. The maximum atomic E-state index is 14.5. The van der Waals surface area contributed by atoms with E-state index in [0.717, 1.165) is 19.3 Å². The number of nitro benzene ring substituents is 1. The number of hydrogen-bond acceptors (Lipinski definition) is 5. The lowest BCUT2D eigenvalue weighted by Gasteiger charge is -2.38. The van der Waals surface area contributed by atoms with Gasteiger partial charge in [0.1, 0.15) is 11.5 Å². The number of rotatable bonds is 7. The minimum Gasteiger partial charge on any atom is -0.469 e. The van der Waals surface area contributed by atoms with Gasteiger partial charge in [-0.2, -0.15) is 0 Å². The van der Waals surface area contributed by atoms with E-state index < -0.39 is 16.7 Å². The van der Waals surface area contributed by atoms with Crippen LogP contribution in [0.1, 0.15) is 52.0 Å². The van der Waals surface area contributed by atoms with Crippen molar-refractivity contribution in [2.45, 2.75) is 58.9 Å². The van der Waals surface area contributed by atoms with Gasteiger partial charge in [-0.3, -0.25) is 14.9 Å². The molecule has 1 N–H and O–H groups in total. The number of anilines is 1. The number of nitrogens with one attached hydrogen (secondary N) is 1. The third kappa shape index (κ3) is 5.40. The second-order valence-corrected chi connectivity index (χ2v) is 7.87. The first-order chi connectivity index (χ1) is 12.7. The maximum absolute atomic E-state index is 14.5. The van der Waals surface area contributed by atoms with Gasteiger partial charge in [0.25, 0.3) is 5.69 Å². The normalized spacial score (nSPS) is 22.5. The lowest BCUT2D eigenvalue weighted by atomic mass is 9.74. The SMILES string of the molecule is COC(=O)CCc1cc([N+](=O)[O-])c(N[C@@H]2C[C@H](C)CC[C@H]2C(C)C)cc1F. The van der Waals surface area contributed by atoms with Gasteiger partial charge in [0.2, 0.25) is 0 Å². The Morgan fingerprint density at radius 1 is 1.41 bits per heavy atom. The molecule has 150 valence electrons. The van der Waals surface area contributed by atoms with E-state index >= 15 is 0 Å². The summed E-state index contributed by atoms with van der Waals surface area (Å²) in [6.45, 7) is 6.48. The van der Waals surface area contributed by atoms with Crippen LogP contribution in [0.15, 0.2) is 12.1 Å². The Kier molecular flexibility index (Phi) is 7.16. The Balaban J connectivity index is 2.28. The number of ether oxygens (including phenoxy) is 1. The van der Waals surface area contributed by atoms with Gasteiger partial charge >= 0.3 is 5.97 Å². The molecule has 0 unspecified atom stereocenters. The molecule has 0 amide bonds. The van der Waals surface area contributed by atoms with Gasteiger partial charge in [0.15, 0.2) is 0 Å². The molecule has 0 aliphatic heterocycles. The van der Waals surface area contributed by atoms with E-state index in [1.807, 2.05) is 0 Å². The molecule has 1 aromatic rings. The van der Waals surface area contributed by atoms with Gasteiger partial charge in [-0.05, 0) is 42.6 Å². The molecule has 0 bridgehead atoms. The van der Waals surface area contributed by atoms with E-state index in [1.54, 1.807) is 0 Å². The van der Waals surface area contributed by atoms with E-state index in [-0.39, 0.29) is 35.8 Å². The lowest BCUT2D eigenvalue weighted by molar-refractivity contribution is -0.384. The van der Waals surface area contributed by atoms with Crippen LogP contribution < -0.4 is 5.32 Å². The number of halogens is 1. The lowest BCUT2D eigenvalue weighted by Crippen LogP contribution is -2.38. The number of carbonyl (C=O) groups is 1. The average molecular weight is 380 g/mol. The summed E-state index contributed by atoms with van der Waals surface area (Å²) >= 11 is 0. The summed E-state index contributed by atoms with van der Waals surface area (Å²) in [6, 6.07) is 2.51. The number of nitrogens with zero attached hydrogens (tertiary/aromatic N) is 1. The third-order valence-electron chi connectivity index (χ3n) is 5.55. The van der Waals surface area contributed by atoms with Crippen molar-refractivity contribution in [1.82, 2.24) is 0 Å². The molecule has 1 aliphatic rings. The number of carbonyl (C=O) groups excluding carboxylic acids is 1. The van der Waals surface area contributed by atoms with Crippen molar-refractivity contribution in [3.63, 3.8) is 0 Å². The van der Waals surface area contributed by atoms with Crippen LogP contribution in [0.3, 0.4) is 0 Å². The van der Waals surface area contributed by atoms with Gasteiger partial charge in [-0.1, -0.05) is 27.2 Å². The number of methoxy groups -OCH3 is 1. The molecule has 27 heavy (non-hydrogen) atoms. The molecule has 0 radical (unpaired) electrons. The molecule has 6 nitrogen and oxygen atoms in total. The zero-order chi connectivity index (χ0) is 20.1. The van der Waals surface area contributed by atoms with Crippen molar-refractivity contribution in [2.75, 3.05) is 12.4 Å². The van der Waals surface area contributed by atoms with Gasteiger partial charge in [-0.25, -0.2) is 4.39 Å². The highest BCUT2D eigenvalue weighted by Gasteiger charge is 2.32. The molecule has 1 fully saturated rings. The zero-order valence-electron chi connectivity index (χ0n) is 16.5. The Hall–Kier alpha value is -2.18. The van der Waals surface area contributed by atoms with Crippen molar-refractivity contribution in [2.24, 2.45) is 17.8 Å². The summed E-state index contributed by atoms with van der Waals surface area (Å²) in [5, 5.41) is 14.8. The highest BCUT2D eigenvalue weighted by molar-refractivity contribution is 5.70. The van der Waals surface area contributed by atoms with Gasteiger partial charge in [0.05, 0.1) is 12.0 Å². The van der Waals surface area contributed by atoms with E-state index in [2.05, 4.69) is 30.8 Å². The topological polar surface area (TPSA) is 81.5 Å². The Bertz CT molecular complexity index is 693. The molecule has 1 aromatic carbocycles. The van der Waals surface area contributed by atoms with Crippen molar-refractivity contribution in [3.05, 3.63) is 33.6 Å². The molecule has 0 saturated heterocycles. The smallest absolute Gasteiger partial charge is 0.305 e. The fourth-order valence-electron chi connectivity index (χ4n) is 3.97. The second kappa shape index (κ2) is 9.15. The van der Waals surface area contributed by atoms with E-state index in [9.17, 15) is 19.3 Å². The molecular weight excluding hydrogens is 351 g/mol. The van der Waals surface area contributed by atoms with Gasteiger partial charge < -0.3 is 10.1 Å². The Labute approximate surface area is 159 Å². The number of benzene rings is 1. The summed E-state index contributed by atoms with van der Waals surface area (Å²) in [7, 11) is 1.25. The summed E-state index contributed by atoms with van der Waals surface area (Å²) in [6.07, 6.45) is 3.15. The number of hydrogen-bond donors (Lipinski definition) is 1. The quantitative estimate of drug-likeness (QED) is 0.421. The van der Waals surface area contributed by atoms with Crippen molar-refractivity contribution in [3.8, 4) is 0 Å². The zero-order valence-corrected chi connectivity index (χ0v) is 16.5. The molecule has 0 heterocycles. The first-order valence-electron chi connectivity index (χ1n) is 9.53. The van der Waals surface area contributed by atoms with Crippen molar-refractivity contribution < 1.29 is 18.8 Å². The maximum Gasteiger partial charge on any atom is 0.305 e. The van der Waals surface area contributed by atoms with Crippen LogP contribution in [0.25, 0.3) is 0 Å². The molecule has 1 aliphatic carbocycles. The highest BCUT2D eigenvalue weighted by Crippen LogP contribution is 2.37. The summed E-state index contributed by atoms with van der Waals surface area (Å²) in [5.74, 6) is 0.342. The van der Waals surface area contributed by atoms with E-state index in [0.29, 0.717) is 17.8 Å². The predicted molar refractivity (Wildman–Crippen MR) is 102 cm³/mol. The number of aryl methyl sites for hydroxylation is 1. The fraction of sp³-hybridized carbons (Fsp3) is 0.650. The van der Waals surface area contributed by atoms with E-state index in [1.165, 1.54) is 19.2 Å². The van der Waals surface area contributed by atoms with Crippen LogP contribution in [-0.4, -0.2) is 24.0 Å². The van der Waals surface area contributed by atoms with E-state index in [4.69, 9.17) is 0 Å². The molecular formula is C20H29FN2O4. The Morgan fingerprint density at radius 3 is 2.70 bits per heavy atom. The molecule has 3 atom stereocenters. The fourth-order valence-corrected chi connectivity index (χ4v) is 3.97. The number of esters is 1.